The molecule has 2 heterocycles. The Morgan fingerprint density at radius 3 is 2.76 bits per heavy atom. The number of amides is 1. The lowest BCUT2D eigenvalue weighted by molar-refractivity contribution is -0.116. The Morgan fingerprint density at radius 1 is 1.14 bits per heavy atom. The fraction of sp³-hybridized carbons (Fsp3) is 0.150. The molecule has 0 spiro atoms. The third-order valence-electron chi connectivity index (χ3n) is 4.21. The van der Waals surface area contributed by atoms with Gasteiger partial charge in [0.05, 0.1) is 23.8 Å². The lowest BCUT2D eigenvalue weighted by atomic mass is 10.2. The van der Waals surface area contributed by atoms with Gasteiger partial charge in [-0.15, -0.1) is 5.10 Å². The van der Waals surface area contributed by atoms with Crippen LogP contribution >= 0.6 is 11.6 Å². The lowest BCUT2D eigenvalue weighted by Gasteiger charge is -2.10. The van der Waals surface area contributed by atoms with Crippen LogP contribution in [0.4, 0.5) is 5.69 Å². The lowest BCUT2D eigenvalue weighted by Crippen LogP contribution is -2.13. The van der Waals surface area contributed by atoms with Crippen molar-refractivity contribution in [3.63, 3.8) is 0 Å². The molecule has 0 aliphatic heterocycles. The van der Waals surface area contributed by atoms with E-state index in [9.17, 15) is 4.79 Å². The summed E-state index contributed by atoms with van der Waals surface area (Å²) in [6, 6.07) is 14.6. The average molecular weight is 409 g/mol. The van der Waals surface area contributed by atoms with Gasteiger partial charge >= 0.3 is 0 Å². The van der Waals surface area contributed by atoms with Crippen LogP contribution in [0, 0.1) is 0 Å². The Balaban J connectivity index is 1.32. The number of halogens is 1. The van der Waals surface area contributed by atoms with Crippen molar-refractivity contribution in [2.45, 2.75) is 19.3 Å². The number of benzene rings is 2. The Kier molecular flexibility index (Phi) is 5.62. The highest BCUT2D eigenvalue weighted by molar-refractivity contribution is 6.30. The molecule has 146 valence electrons. The second kappa shape index (κ2) is 8.66. The molecule has 1 N–H and O–H groups in total. The summed E-state index contributed by atoms with van der Waals surface area (Å²) in [5, 5.41) is 15.3. The molecule has 0 unspecified atom stereocenters. The van der Waals surface area contributed by atoms with E-state index in [4.69, 9.17) is 16.1 Å². The number of aryl methyl sites for hydroxylation is 1. The second-order valence-electron chi connectivity index (χ2n) is 6.29. The summed E-state index contributed by atoms with van der Waals surface area (Å²) in [7, 11) is 0. The summed E-state index contributed by atoms with van der Waals surface area (Å²) in [5.74, 6) is 0.892. The van der Waals surface area contributed by atoms with E-state index in [0.717, 1.165) is 11.3 Å². The fourth-order valence-corrected chi connectivity index (χ4v) is 2.93. The molecule has 4 aromatic rings. The zero-order chi connectivity index (χ0) is 20.1. The Labute approximate surface area is 171 Å². The van der Waals surface area contributed by atoms with E-state index < -0.39 is 0 Å². The number of carbonyl (C=O) groups is 1. The van der Waals surface area contributed by atoms with Crippen LogP contribution in [0.3, 0.4) is 0 Å². The normalized spacial score (nSPS) is 10.8. The van der Waals surface area contributed by atoms with Gasteiger partial charge < -0.3 is 9.84 Å². The third kappa shape index (κ3) is 4.67. The standard InChI is InChI=1S/C20H17ClN6O2/c21-15-10-8-14(9-11-15)20-24-19(29-25-20)7-3-6-18(28)23-16-4-1-2-5-17(16)27-13-12-22-26-27/h1-2,4-5,8-13H,3,6-7H2,(H,23,28). The van der Waals surface area contributed by atoms with E-state index in [0.29, 0.717) is 41.7 Å². The molecule has 0 fully saturated rings. The molecule has 0 saturated carbocycles. The van der Waals surface area contributed by atoms with Crippen molar-refractivity contribution >= 4 is 23.2 Å². The molecule has 2 aromatic heterocycles. The maximum Gasteiger partial charge on any atom is 0.226 e. The molecule has 0 aliphatic carbocycles. The van der Waals surface area contributed by atoms with Gasteiger partial charge in [0.2, 0.25) is 17.6 Å². The van der Waals surface area contributed by atoms with E-state index in [2.05, 4.69) is 25.8 Å². The Hall–Kier alpha value is -3.52. The first-order valence-electron chi connectivity index (χ1n) is 9.03. The minimum atomic E-state index is -0.102. The van der Waals surface area contributed by atoms with Crippen LogP contribution in [-0.4, -0.2) is 31.0 Å². The van der Waals surface area contributed by atoms with Crippen molar-refractivity contribution in [2.75, 3.05) is 5.32 Å². The summed E-state index contributed by atoms with van der Waals surface area (Å²) >= 11 is 5.89. The molecule has 0 bridgehead atoms. The minimum absolute atomic E-state index is 0.102. The second-order valence-corrected chi connectivity index (χ2v) is 6.72. The van der Waals surface area contributed by atoms with E-state index in [1.165, 1.54) is 0 Å². The molecule has 29 heavy (non-hydrogen) atoms. The first-order chi connectivity index (χ1) is 14.2. The molecule has 1 amide bonds. The van der Waals surface area contributed by atoms with Crippen molar-refractivity contribution in [1.82, 2.24) is 25.1 Å². The molecular weight excluding hydrogens is 392 g/mol. The van der Waals surface area contributed by atoms with Gasteiger partial charge in [-0.05, 0) is 42.8 Å². The van der Waals surface area contributed by atoms with Crippen molar-refractivity contribution in [1.29, 1.82) is 0 Å². The first-order valence-corrected chi connectivity index (χ1v) is 9.41. The summed E-state index contributed by atoms with van der Waals surface area (Å²) in [5.41, 5.74) is 2.25. The summed E-state index contributed by atoms with van der Waals surface area (Å²) in [4.78, 5) is 16.7. The van der Waals surface area contributed by atoms with Gasteiger partial charge in [0, 0.05) is 23.4 Å². The first kappa shape index (κ1) is 18.8. The summed E-state index contributed by atoms with van der Waals surface area (Å²) in [6.45, 7) is 0. The molecule has 0 atom stereocenters. The van der Waals surface area contributed by atoms with Gasteiger partial charge in [-0.3, -0.25) is 4.79 Å². The molecule has 2 aromatic carbocycles. The van der Waals surface area contributed by atoms with Gasteiger partial charge in [-0.1, -0.05) is 34.1 Å². The monoisotopic (exact) mass is 408 g/mol. The number of anilines is 1. The molecule has 8 nitrogen and oxygen atoms in total. The predicted octanol–water partition coefficient (Wildman–Crippen LogP) is 3.93. The Morgan fingerprint density at radius 2 is 1.97 bits per heavy atom. The molecule has 9 heteroatoms. The smallest absolute Gasteiger partial charge is 0.226 e. The van der Waals surface area contributed by atoms with E-state index in [-0.39, 0.29) is 5.91 Å². The van der Waals surface area contributed by atoms with E-state index in [1.54, 1.807) is 29.2 Å². The number of rotatable bonds is 7. The topological polar surface area (TPSA) is 98.7 Å². The summed E-state index contributed by atoms with van der Waals surface area (Å²) in [6.07, 6.45) is 4.72. The van der Waals surface area contributed by atoms with Gasteiger partial charge in [-0.2, -0.15) is 4.98 Å². The molecular formula is C20H17ClN6O2. The maximum absolute atomic E-state index is 12.3. The number of nitrogens with one attached hydrogen (secondary N) is 1. The van der Waals surface area contributed by atoms with Crippen molar-refractivity contribution in [2.24, 2.45) is 0 Å². The van der Waals surface area contributed by atoms with Gasteiger partial charge in [0.15, 0.2) is 0 Å². The van der Waals surface area contributed by atoms with E-state index >= 15 is 0 Å². The highest BCUT2D eigenvalue weighted by Crippen LogP contribution is 2.20. The number of hydrogen-bond donors (Lipinski definition) is 1. The fourth-order valence-electron chi connectivity index (χ4n) is 2.80. The zero-order valence-electron chi connectivity index (χ0n) is 15.3. The van der Waals surface area contributed by atoms with Gasteiger partial charge in [0.25, 0.3) is 0 Å². The predicted molar refractivity (Wildman–Crippen MR) is 108 cm³/mol. The van der Waals surface area contributed by atoms with Gasteiger partial charge in [-0.25, -0.2) is 4.68 Å². The van der Waals surface area contributed by atoms with Crippen molar-refractivity contribution in [3.05, 3.63) is 71.8 Å². The number of hydrogen-bond acceptors (Lipinski definition) is 6. The Bertz CT molecular complexity index is 1090. The van der Waals surface area contributed by atoms with Crippen LogP contribution in [0.2, 0.25) is 5.02 Å². The SMILES string of the molecule is O=C(CCCc1nc(-c2ccc(Cl)cc2)no1)Nc1ccccc1-n1ccnn1. The van der Waals surface area contributed by atoms with Crippen molar-refractivity contribution < 1.29 is 9.32 Å². The largest absolute Gasteiger partial charge is 0.339 e. The maximum atomic E-state index is 12.3. The number of carbonyl (C=O) groups excluding carboxylic acids is 1. The van der Waals surface area contributed by atoms with Crippen LogP contribution in [0.25, 0.3) is 17.1 Å². The minimum Gasteiger partial charge on any atom is -0.339 e. The van der Waals surface area contributed by atoms with Gasteiger partial charge in [0.1, 0.15) is 0 Å². The molecule has 0 saturated heterocycles. The number of para-hydroxylation sites is 2. The van der Waals surface area contributed by atoms with Crippen LogP contribution in [0.15, 0.2) is 65.4 Å². The summed E-state index contributed by atoms with van der Waals surface area (Å²) < 4.78 is 6.88. The van der Waals surface area contributed by atoms with Crippen molar-refractivity contribution in [3.8, 4) is 17.1 Å². The van der Waals surface area contributed by atoms with Crippen LogP contribution in [0.1, 0.15) is 18.7 Å². The molecule has 0 aliphatic rings. The zero-order valence-corrected chi connectivity index (χ0v) is 16.1. The molecule has 0 radical (unpaired) electrons. The molecule has 4 rings (SSSR count). The average Bonchev–Trinajstić information content (AvgIpc) is 3.41. The van der Waals surface area contributed by atoms with Crippen LogP contribution < -0.4 is 5.32 Å². The third-order valence-corrected chi connectivity index (χ3v) is 4.46. The van der Waals surface area contributed by atoms with Crippen LogP contribution in [0.5, 0.6) is 0 Å². The highest BCUT2D eigenvalue weighted by Gasteiger charge is 2.11. The van der Waals surface area contributed by atoms with Crippen LogP contribution in [-0.2, 0) is 11.2 Å². The number of aromatic nitrogens is 5. The number of nitrogens with zero attached hydrogens (tertiary/aromatic N) is 5. The quantitative estimate of drug-likeness (QED) is 0.497. The van der Waals surface area contributed by atoms with E-state index in [1.807, 2.05) is 36.4 Å². The highest BCUT2D eigenvalue weighted by atomic mass is 35.5.